The number of nitrogen functional groups attached to an aromatic ring is 1. The Bertz CT molecular complexity index is 896. The Hall–Kier alpha value is -2.83. The van der Waals surface area contributed by atoms with E-state index < -0.39 is 0 Å². The summed E-state index contributed by atoms with van der Waals surface area (Å²) in [4.78, 5) is 8.76. The summed E-state index contributed by atoms with van der Waals surface area (Å²) < 4.78 is 0. The lowest BCUT2D eigenvalue weighted by Gasteiger charge is -2.22. The number of hydrogen-bond donors (Lipinski definition) is 4. The zero-order valence-corrected chi connectivity index (χ0v) is 15.0. The van der Waals surface area contributed by atoms with Gasteiger partial charge in [0.1, 0.15) is 5.82 Å². The first-order valence-corrected chi connectivity index (χ1v) is 9.27. The molecule has 0 amide bonds. The van der Waals surface area contributed by atoms with Gasteiger partial charge in [-0.15, -0.1) is 0 Å². The molecule has 1 aliphatic carbocycles. The molecule has 1 aliphatic rings. The van der Waals surface area contributed by atoms with Gasteiger partial charge >= 0.3 is 0 Å². The zero-order valence-electron chi connectivity index (χ0n) is 15.0. The van der Waals surface area contributed by atoms with Gasteiger partial charge in [0, 0.05) is 30.6 Å². The molecule has 0 saturated heterocycles. The number of nitrogens with two attached hydrogens (primary N) is 1. The van der Waals surface area contributed by atoms with Gasteiger partial charge in [-0.2, -0.15) is 10.1 Å². The van der Waals surface area contributed by atoms with Crippen molar-refractivity contribution in [3.8, 4) is 11.3 Å². The monoisotopic (exact) mass is 351 g/mol. The highest BCUT2D eigenvalue weighted by Crippen LogP contribution is 2.28. The van der Waals surface area contributed by atoms with Crippen LogP contribution in [0.1, 0.15) is 32.1 Å². The fraction of sp³-hybridized carbons (Fsp3) is 0.421. The maximum Gasteiger partial charge on any atom is 0.222 e. The molecular formula is C19H25N7. The molecule has 1 aromatic carbocycles. The second kappa shape index (κ2) is 7.19. The molecule has 136 valence electrons. The summed E-state index contributed by atoms with van der Waals surface area (Å²) in [7, 11) is 1.86. The highest BCUT2D eigenvalue weighted by atomic mass is 15.2. The van der Waals surface area contributed by atoms with E-state index >= 15 is 0 Å². The minimum Gasteiger partial charge on any atom is -0.371 e. The maximum absolute atomic E-state index is 5.95. The summed E-state index contributed by atoms with van der Waals surface area (Å²) in [5.41, 5.74) is 8.71. The predicted octanol–water partition coefficient (Wildman–Crippen LogP) is 3.64. The van der Waals surface area contributed by atoms with Gasteiger partial charge in [-0.05, 0) is 30.9 Å². The lowest BCUT2D eigenvalue weighted by molar-refractivity contribution is 0.373. The van der Waals surface area contributed by atoms with Crippen LogP contribution in [0.25, 0.3) is 22.2 Å². The molecule has 1 fully saturated rings. The Balaban J connectivity index is 1.57. The average Bonchev–Trinajstić information content (AvgIpc) is 3.09. The number of H-pyrrole nitrogens is 1. The standard InChI is InChI=1S/C19H25N7/c1-21-18-14-8-7-13(9-16(14)25-26-18)15-10-17(24-19(20)23-15)22-11-12-5-3-2-4-6-12/h7-10,12H,2-6,11H2,1H3,(H2,21,25,26)(H3,20,22,23,24). The van der Waals surface area contributed by atoms with Gasteiger partial charge in [-0.25, -0.2) is 4.98 Å². The molecule has 0 atom stereocenters. The van der Waals surface area contributed by atoms with Gasteiger partial charge in [-0.3, -0.25) is 5.10 Å². The summed E-state index contributed by atoms with van der Waals surface area (Å²) in [5.74, 6) is 2.64. The van der Waals surface area contributed by atoms with E-state index in [2.05, 4.69) is 30.8 Å². The van der Waals surface area contributed by atoms with Crippen molar-refractivity contribution < 1.29 is 0 Å². The maximum atomic E-state index is 5.95. The Morgan fingerprint density at radius 3 is 2.81 bits per heavy atom. The first-order valence-electron chi connectivity index (χ1n) is 9.27. The summed E-state index contributed by atoms with van der Waals surface area (Å²) in [6.45, 7) is 0.945. The normalized spacial score (nSPS) is 15.3. The van der Waals surface area contributed by atoms with Gasteiger partial charge < -0.3 is 16.4 Å². The van der Waals surface area contributed by atoms with E-state index in [1.165, 1.54) is 32.1 Å². The van der Waals surface area contributed by atoms with Crippen LogP contribution in [-0.2, 0) is 0 Å². The average molecular weight is 351 g/mol. The van der Waals surface area contributed by atoms with E-state index in [-0.39, 0.29) is 5.95 Å². The predicted molar refractivity (Wildman–Crippen MR) is 106 cm³/mol. The van der Waals surface area contributed by atoms with Crippen molar-refractivity contribution in [2.75, 3.05) is 30.0 Å². The molecule has 0 bridgehead atoms. The molecule has 5 N–H and O–H groups in total. The van der Waals surface area contributed by atoms with E-state index in [0.29, 0.717) is 0 Å². The number of fused-ring (bicyclic) bond motifs is 1. The number of nitrogens with one attached hydrogen (secondary N) is 3. The quantitative estimate of drug-likeness (QED) is 0.559. The summed E-state index contributed by atoms with van der Waals surface area (Å²) in [5, 5.41) is 14.9. The molecule has 0 unspecified atom stereocenters. The van der Waals surface area contributed by atoms with Gasteiger partial charge in [0.15, 0.2) is 5.82 Å². The highest BCUT2D eigenvalue weighted by molar-refractivity contribution is 5.92. The Labute approximate surface area is 152 Å². The molecule has 1 saturated carbocycles. The largest absolute Gasteiger partial charge is 0.371 e. The van der Waals surface area contributed by atoms with Crippen molar-refractivity contribution >= 4 is 28.5 Å². The van der Waals surface area contributed by atoms with Crippen molar-refractivity contribution in [3.63, 3.8) is 0 Å². The Morgan fingerprint density at radius 2 is 2.00 bits per heavy atom. The molecule has 0 radical (unpaired) electrons. The first kappa shape index (κ1) is 16.6. The number of benzene rings is 1. The molecule has 2 heterocycles. The van der Waals surface area contributed by atoms with Crippen LogP contribution in [0.5, 0.6) is 0 Å². The van der Waals surface area contributed by atoms with Gasteiger partial charge in [-0.1, -0.05) is 25.3 Å². The third-order valence-electron chi connectivity index (χ3n) is 5.14. The summed E-state index contributed by atoms with van der Waals surface area (Å²) in [6.07, 6.45) is 6.63. The van der Waals surface area contributed by atoms with Gasteiger partial charge in [0.2, 0.25) is 5.95 Å². The number of nitrogens with zero attached hydrogens (tertiary/aromatic N) is 3. The zero-order chi connectivity index (χ0) is 17.9. The van der Waals surface area contributed by atoms with Crippen LogP contribution < -0.4 is 16.4 Å². The van der Waals surface area contributed by atoms with E-state index in [1.807, 2.05) is 31.3 Å². The van der Waals surface area contributed by atoms with Crippen LogP contribution in [0.3, 0.4) is 0 Å². The number of rotatable bonds is 5. The van der Waals surface area contributed by atoms with E-state index in [4.69, 9.17) is 5.73 Å². The van der Waals surface area contributed by atoms with Gasteiger partial charge in [0.25, 0.3) is 0 Å². The lowest BCUT2D eigenvalue weighted by atomic mass is 9.89. The number of hydrogen-bond acceptors (Lipinski definition) is 6. The van der Waals surface area contributed by atoms with Gasteiger partial charge in [0.05, 0.1) is 11.2 Å². The van der Waals surface area contributed by atoms with Crippen molar-refractivity contribution in [2.24, 2.45) is 5.92 Å². The first-order chi connectivity index (χ1) is 12.7. The summed E-state index contributed by atoms with van der Waals surface area (Å²) >= 11 is 0. The van der Waals surface area contributed by atoms with Crippen molar-refractivity contribution in [3.05, 3.63) is 24.3 Å². The second-order valence-corrected chi connectivity index (χ2v) is 6.96. The topological polar surface area (TPSA) is 105 Å². The molecule has 4 rings (SSSR count). The smallest absolute Gasteiger partial charge is 0.222 e. The number of aromatic nitrogens is 4. The van der Waals surface area contributed by atoms with Crippen LogP contribution in [0.15, 0.2) is 24.3 Å². The van der Waals surface area contributed by atoms with Crippen molar-refractivity contribution in [1.82, 2.24) is 20.2 Å². The van der Waals surface area contributed by atoms with Crippen LogP contribution in [0.4, 0.5) is 17.6 Å². The van der Waals surface area contributed by atoms with E-state index in [0.717, 1.165) is 46.3 Å². The van der Waals surface area contributed by atoms with Crippen LogP contribution in [0.2, 0.25) is 0 Å². The molecule has 3 aromatic rings. The Kier molecular flexibility index (Phi) is 4.60. The second-order valence-electron chi connectivity index (χ2n) is 6.96. The fourth-order valence-corrected chi connectivity index (χ4v) is 3.71. The SMILES string of the molecule is CNc1n[nH]c2cc(-c3cc(NCC4CCCCC4)nc(N)n3)ccc12. The molecule has 7 nitrogen and oxygen atoms in total. The van der Waals surface area contributed by atoms with Crippen LogP contribution in [-0.4, -0.2) is 33.8 Å². The van der Waals surface area contributed by atoms with Crippen molar-refractivity contribution in [1.29, 1.82) is 0 Å². The fourth-order valence-electron chi connectivity index (χ4n) is 3.71. The molecule has 2 aromatic heterocycles. The summed E-state index contributed by atoms with van der Waals surface area (Å²) in [6, 6.07) is 8.07. The van der Waals surface area contributed by atoms with Crippen molar-refractivity contribution in [2.45, 2.75) is 32.1 Å². The lowest BCUT2D eigenvalue weighted by Crippen LogP contribution is -2.18. The molecule has 0 spiro atoms. The molecular weight excluding hydrogens is 326 g/mol. The third kappa shape index (κ3) is 3.42. The molecule has 0 aliphatic heterocycles. The van der Waals surface area contributed by atoms with E-state index in [1.54, 1.807) is 0 Å². The molecule has 7 heteroatoms. The number of anilines is 3. The van der Waals surface area contributed by atoms with E-state index in [9.17, 15) is 0 Å². The number of aromatic amines is 1. The highest BCUT2D eigenvalue weighted by Gasteiger charge is 2.14. The van der Waals surface area contributed by atoms with Crippen LogP contribution in [0, 0.1) is 5.92 Å². The third-order valence-corrected chi connectivity index (χ3v) is 5.14. The Morgan fingerprint density at radius 1 is 1.15 bits per heavy atom. The molecule has 26 heavy (non-hydrogen) atoms. The minimum atomic E-state index is 0.286. The minimum absolute atomic E-state index is 0.286. The van der Waals surface area contributed by atoms with Crippen LogP contribution >= 0.6 is 0 Å².